The summed E-state index contributed by atoms with van der Waals surface area (Å²) in [5, 5.41) is 0.835. The van der Waals surface area contributed by atoms with Crippen LogP contribution in [-0.4, -0.2) is 41.1 Å². The predicted molar refractivity (Wildman–Crippen MR) is 91.4 cm³/mol. The van der Waals surface area contributed by atoms with Crippen molar-refractivity contribution in [2.75, 3.05) is 25.4 Å². The summed E-state index contributed by atoms with van der Waals surface area (Å²) < 4.78 is 0. The van der Waals surface area contributed by atoms with Crippen molar-refractivity contribution in [3.8, 4) is 0 Å². The summed E-state index contributed by atoms with van der Waals surface area (Å²) in [6.07, 6.45) is 11.0. The van der Waals surface area contributed by atoms with Gasteiger partial charge in [0.1, 0.15) is 0 Å². The molecule has 1 saturated heterocycles. The Morgan fingerprint density at radius 1 is 1.25 bits per heavy atom. The van der Waals surface area contributed by atoms with Gasteiger partial charge in [-0.05, 0) is 31.6 Å². The average molecular weight is 299 g/mol. The molecule has 2 nitrogen and oxygen atoms in total. The second-order valence-corrected chi connectivity index (χ2v) is 8.27. The Bertz CT molecular complexity index is 284. The van der Waals surface area contributed by atoms with Crippen LogP contribution < -0.4 is 5.73 Å². The van der Waals surface area contributed by atoms with Crippen LogP contribution in [-0.2, 0) is 0 Å². The standard InChI is InChI=1S/C17H34N2S/c1-3-6-15-7-5-9-17(14-18,10-8-15)19-11-12-20-16(4-2)13-19/h15-16H,3-14,18H2,1-2H3. The second kappa shape index (κ2) is 8.05. The molecule has 20 heavy (non-hydrogen) atoms. The Hall–Kier alpha value is 0.270. The number of nitrogens with zero attached hydrogens (tertiary/aromatic N) is 1. The molecule has 0 bridgehead atoms. The Balaban J connectivity index is 2.01. The van der Waals surface area contributed by atoms with Crippen LogP contribution in [0, 0.1) is 5.92 Å². The van der Waals surface area contributed by atoms with Crippen LogP contribution in [0.15, 0.2) is 0 Å². The summed E-state index contributed by atoms with van der Waals surface area (Å²) >= 11 is 2.17. The maximum absolute atomic E-state index is 6.30. The molecule has 0 radical (unpaired) electrons. The first-order valence-corrected chi connectivity index (χ1v) is 9.85. The third-order valence-electron chi connectivity index (χ3n) is 5.61. The van der Waals surface area contributed by atoms with Gasteiger partial charge in [-0.25, -0.2) is 0 Å². The van der Waals surface area contributed by atoms with Crippen molar-refractivity contribution >= 4 is 11.8 Å². The van der Waals surface area contributed by atoms with Crippen LogP contribution in [0.4, 0.5) is 0 Å². The van der Waals surface area contributed by atoms with E-state index < -0.39 is 0 Å². The SMILES string of the molecule is CCCC1CCCC(CN)(N2CCSC(CC)C2)CC1. The molecule has 2 fully saturated rings. The minimum atomic E-state index is 0.330. The number of nitrogens with two attached hydrogens (primary N) is 1. The van der Waals surface area contributed by atoms with Gasteiger partial charge in [0.2, 0.25) is 0 Å². The Morgan fingerprint density at radius 2 is 2.10 bits per heavy atom. The van der Waals surface area contributed by atoms with Crippen LogP contribution in [0.3, 0.4) is 0 Å². The van der Waals surface area contributed by atoms with Gasteiger partial charge in [0.25, 0.3) is 0 Å². The maximum Gasteiger partial charge on any atom is 0.0332 e. The van der Waals surface area contributed by atoms with Crippen molar-refractivity contribution in [1.29, 1.82) is 0 Å². The van der Waals surface area contributed by atoms with Crippen molar-refractivity contribution in [1.82, 2.24) is 4.90 Å². The first-order valence-electron chi connectivity index (χ1n) is 8.80. The molecule has 0 aromatic carbocycles. The molecule has 1 aliphatic carbocycles. The van der Waals surface area contributed by atoms with Gasteiger partial charge in [-0.1, -0.05) is 39.5 Å². The Kier molecular flexibility index (Phi) is 6.70. The lowest BCUT2D eigenvalue weighted by atomic mass is 9.86. The molecule has 0 amide bonds. The fraction of sp³-hybridized carbons (Fsp3) is 1.00. The molecule has 1 heterocycles. The summed E-state index contributed by atoms with van der Waals surface area (Å²) in [4.78, 5) is 2.78. The van der Waals surface area contributed by atoms with Crippen molar-refractivity contribution in [3.05, 3.63) is 0 Å². The lowest BCUT2D eigenvalue weighted by Gasteiger charge is -2.47. The monoisotopic (exact) mass is 298 g/mol. The van der Waals surface area contributed by atoms with Crippen molar-refractivity contribution < 1.29 is 0 Å². The molecule has 3 unspecified atom stereocenters. The van der Waals surface area contributed by atoms with Crippen LogP contribution >= 0.6 is 11.8 Å². The number of thioether (sulfide) groups is 1. The van der Waals surface area contributed by atoms with E-state index in [4.69, 9.17) is 5.73 Å². The second-order valence-electron chi connectivity index (χ2n) is 6.86. The molecule has 3 atom stereocenters. The summed E-state index contributed by atoms with van der Waals surface area (Å²) in [6.45, 7) is 8.07. The Morgan fingerprint density at radius 3 is 2.80 bits per heavy atom. The highest BCUT2D eigenvalue weighted by atomic mass is 32.2. The van der Waals surface area contributed by atoms with Crippen LogP contribution in [0.5, 0.6) is 0 Å². The van der Waals surface area contributed by atoms with E-state index in [1.807, 2.05) is 0 Å². The molecular weight excluding hydrogens is 264 g/mol. The zero-order chi connectivity index (χ0) is 14.4. The quantitative estimate of drug-likeness (QED) is 0.781. The van der Waals surface area contributed by atoms with Crippen LogP contribution in [0.1, 0.15) is 65.2 Å². The first-order chi connectivity index (χ1) is 9.74. The van der Waals surface area contributed by atoms with E-state index in [0.29, 0.717) is 5.54 Å². The molecule has 1 saturated carbocycles. The van der Waals surface area contributed by atoms with E-state index in [1.165, 1.54) is 70.2 Å². The summed E-state index contributed by atoms with van der Waals surface area (Å²) in [5.74, 6) is 2.27. The van der Waals surface area contributed by atoms with E-state index in [9.17, 15) is 0 Å². The molecule has 1 aliphatic heterocycles. The minimum absolute atomic E-state index is 0.330. The van der Waals surface area contributed by atoms with Crippen LogP contribution in [0.25, 0.3) is 0 Å². The van der Waals surface area contributed by atoms with E-state index in [-0.39, 0.29) is 0 Å². The number of hydrogen-bond acceptors (Lipinski definition) is 3. The van der Waals surface area contributed by atoms with Crippen LogP contribution in [0.2, 0.25) is 0 Å². The van der Waals surface area contributed by atoms with Gasteiger partial charge in [-0.3, -0.25) is 4.90 Å². The minimum Gasteiger partial charge on any atom is -0.329 e. The number of hydrogen-bond donors (Lipinski definition) is 1. The smallest absolute Gasteiger partial charge is 0.0332 e. The topological polar surface area (TPSA) is 29.3 Å². The van der Waals surface area contributed by atoms with Gasteiger partial charge in [0, 0.05) is 36.2 Å². The van der Waals surface area contributed by atoms with Gasteiger partial charge in [-0.2, -0.15) is 11.8 Å². The zero-order valence-corrected chi connectivity index (χ0v) is 14.4. The van der Waals surface area contributed by atoms with E-state index in [0.717, 1.165) is 17.7 Å². The third-order valence-corrected chi connectivity index (χ3v) is 6.99. The van der Waals surface area contributed by atoms with Crippen molar-refractivity contribution in [2.24, 2.45) is 11.7 Å². The van der Waals surface area contributed by atoms with Gasteiger partial charge in [0.15, 0.2) is 0 Å². The zero-order valence-electron chi connectivity index (χ0n) is 13.6. The molecule has 2 rings (SSSR count). The maximum atomic E-state index is 6.30. The lowest BCUT2D eigenvalue weighted by molar-refractivity contribution is 0.0799. The summed E-state index contributed by atoms with van der Waals surface area (Å²) in [6, 6.07) is 0. The molecule has 0 spiro atoms. The normalized spacial score (nSPS) is 36.8. The molecule has 3 heteroatoms. The molecule has 2 N–H and O–H groups in total. The van der Waals surface area contributed by atoms with Crippen molar-refractivity contribution in [2.45, 2.75) is 76.0 Å². The van der Waals surface area contributed by atoms with E-state index in [1.54, 1.807) is 0 Å². The molecule has 2 aliphatic rings. The fourth-order valence-corrected chi connectivity index (χ4v) is 5.39. The first kappa shape index (κ1) is 16.6. The molecule has 118 valence electrons. The van der Waals surface area contributed by atoms with Gasteiger partial charge >= 0.3 is 0 Å². The van der Waals surface area contributed by atoms with Crippen molar-refractivity contribution in [3.63, 3.8) is 0 Å². The van der Waals surface area contributed by atoms with Gasteiger partial charge < -0.3 is 5.73 Å². The molecule has 0 aromatic heterocycles. The lowest BCUT2D eigenvalue weighted by Crippen LogP contribution is -2.57. The van der Waals surface area contributed by atoms with Gasteiger partial charge in [-0.15, -0.1) is 0 Å². The predicted octanol–water partition coefficient (Wildman–Crippen LogP) is 3.89. The fourth-order valence-electron chi connectivity index (χ4n) is 4.21. The summed E-state index contributed by atoms with van der Waals surface area (Å²) in [5.41, 5.74) is 6.63. The highest BCUT2D eigenvalue weighted by molar-refractivity contribution is 8.00. The number of rotatable bonds is 5. The average Bonchev–Trinajstić information content (AvgIpc) is 2.71. The Labute approximate surface area is 130 Å². The largest absolute Gasteiger partial charge is 0.329 e. The molecule has 0 aromatic rings. The van der Waals surface area contributed by atoms with E-state index >= 15 is 0 Å². The highest BCUT2D eigenvalue weighted by Crippen LogP contribution is 2.38. The highest BCUT2D eigenvalue weighted by Gasteiger charge is 2.39. The molecular formula is C17H34N2S. The van der Waals surface area contributed by atoms with Gasteiger partial charge in [0.05, 0.1) is 0 Å². The third kappa shape index (κ3) is 3.92. The van der Waals surface area contributed by atoms with E-state index in [2.05, 4.69) is 30.5 Å². The summed E-state index contributed by atoms with van der Waals surface area (Å²) in [7, 11) is 0.